The largest absolute Gasteiger partial charge is 0.355 e. The number of hydrogen-bond acceptors (Lipinski definition) is 7. The highest BCUT2D eigenvalue weighted by Gasteiger charge is 2.27. The molecule has 0 fully saturated rings. The zero-order valence-corrected chi connectivity index (χ0v) is 20.5. The Morgan fingerprint density at radius 3 is 2.42 bits per heavy atom. The third-order valence-corrected chi connectivity index (χ3v) is 7.90. The minimum absolute atomic E-state index is 0.000648. The Hall–Kier alpha value is -2.62. The van der Waals surface area contributed by atoms with Gasteiger partial charge in [0, 0.05) is 13.0 Å². The van der Waals surface area contributed by atoms with Crippen molar-refractivity contribution in [2.45, 2.75) is 31.1 Å². The second kappa shape index (κ2) is 11.5. The van der Waals surface area contributed by atoms with E-state index in [2.05, 4.69) is 10.3 Å². The van der Waals surface area contributed by atoms with E-state index in [0.717, 1.165) is 10.2 Å². The Morgan fingerprint density at radius 1 is 1.03 bits per heavy atom. The molecule has 1 heterocycles. The average Bonchev–Trinajstić information content (AvgIpc) is 3.22. The molecule has 33 heavy (non-hydrogen) atoms. The van der Waals surface area contributed by atoms with Crippen LogP contribution in [0.15, 0.2) is 54.6 Å². The summed E-state index contributed by atoms with van der Waals surface area (Å²) in [6.45, 7) is 0.384. The fourth-order valence-electron chi connectivity index (χ4n) is 3.43. The third kappa shape index (κ3) is 7.45. The summed E-state index contributed by atoms with van der Waals surface area (Å²) in [4.78, 5) is 31.0. The summed E-state index contributed by atoms with van der Waals surface area (Å²) in [5.74, 6) is -0.675. The molecule has 0 bridgehead atoms. The molecule has 1 aromatic heterocycles. The van der Waals surface area contributed by atoms with Crippen molar-refractivity contribution in [3.63, 3.8) is 0 Å². The van der Waals surface area contributed by atoms with E-state index in [0.29, 0.717) is 36.4 Å². The molecule has 1 amide bonds. The van der Waals surface area contributed by atoms with Crippen molar-refractivity contribution >= 4 is 43.1 Å². The molecule has 2 aromatic carbocycles. The lowest BCUT2D eigenvalue weighted by atomic mass is 10.2. The van der Waals surface area contributed by atoms with E-state index >= 15 is 0 Å². The lowest BCUT2D eigenvalue weighted by Crippen LogP contribution is -2.47. The fourth-order valence-corrected chi connectivity index (χ4v) is 6.11. The Kier molecular flexibility index (Phi) is 8.71. The van der Waals surface area contributed by atoms with Crippen LogP contribution in [0.5, 0.6) is 0 Å². The van der Waals surface area contributed by atoms with Crippen LogP contribution in [0, 0.1) is 0 Å². The fraction of sp³-hybridized carbons (Fsp3) is 0.375. The standard InChI is InChI=1S/C24H29N3O4S2/c1-27(2)20(17-33(30,31)16-18-10-4-3-5-11-18)23(29)25-15-9-8-13-21(28)24-26-19-12-6-7-14-22(19)32-24/h3-7,10-12,14,20H,8-9,13,15-17H2,1-2H3,(H,25,29)/t20-/m0/s1. The average molecular weight is 488 g/mol. The van der Waals surface area contributed by atoms with Crippen molar-refractivity contribution in [1.29, 1.82) is 0 Å². The number of sulfone groups is 1. The number of rotatable bonds is 12. The van der Waals surface area contributed by atoms with Crippen molar-refractivity contribution in [2.75, 3.05) is 26.4 Å². The van der Waals surface area contributed by atoms with Crippen molar-refractivity contribution in [3.8, 4) is 0 Å². The second-order valence-corrected chi connectivity index (χ2v) is 11.3. The molecule has 0 aliphatic carbocycles. The number of fused-ring (bicyclic) bond motifs is 1. The number of para-hydroxylation sites is 1. The number of benzene rings is 2. The molecule has 1 N–H and O–H groups in total. The van der Waals surface area contributed by atoms with Gasteiger partial charge in [-0.2, -0.15) is 0 Å². The van der Waals surface area contributed by atoms with Gasteiger partial charge in [-0.1, -0.05) is 42.5 Å². The predicted molar refractivity (Wildman–Crippen MR) is 132 cm³/mol. The molecule has 3 rings (SSSR count). The number of carbonyl (C=O) groups is 2. The van der Waals surface area contributed by atoms with E-state index in [1.54, 1.807) is 43.3 Å². The van der Waals surface area contributed by atoms with E-state index in [4.69, 9.17) is 0 Å². The van der Waals surface area contributed by atoms with Crippen LogP contribution >= 0.6 is 11.3 Å². The minimum Gasteiger partial charge on any atom is -0.355 e. The molecule has 0 saturated carbocycles. The van der Waals surface area contributed by atoms with Crippen molar-refractivity contribution in [3.05, 3.63) is 65.2 Å². The maximum Gasteiger partial charge on any atom is 0.238 e. The van der Waals surface area contributed by atoms with E-state index in [1.807, 2.05) is 30.3 Å². The van der Waals surface area contributed by atoms with Crippen molar-refractivity contribution < 1.29 is 18.0 Å². The number of hydrogen-bond donors (Lipinski definition) is 1. The molecule has 3 aromatic rings. The van der Waals surface area contributed by atoms with Crippen LogP contribution in [0.25, 0.3) is 10.2 Å². The first-order valence-electron chi connectivity index (χ1n) is 10.8. The van der Waals surface area contributed by atoms with Crippen LogP contribution in [0.1, 0.15) is 34.6 Å². The lowest BCUT2D eigenvalue weighted by Gasteiger charge is -2.23. The molecule has 0 unspecified atom stereocenters. The van der Waals surface area contributed by atoms with Crippen LogP contribution in [0.3, 0.4) is 0 Å². The first kappa shape index (κ1) is 25.0. The van der Waals surface area contributed by atoms with E-state index in [1.165, 1.54) is 11.3 Å². The SMILES string of the molecule is CN(C)[C@@H](CS(=O)(=O)Cc1ccccc1)C(=O)NCCCCC(=O)c1nc2ccccc2s1. The lowest BCUT2D eigenvalue weighted by molar-refractivity contribution is -0.124. The molecule has 0 aliphatic rings. The van der Waals surface area contributed by atoms with Gasteiger partial charge in [-0.15, -0.1) is 11.3 Å². The van der Waals surface area contributed by atoms with E-state index in [-0.39, 0.29) is 23.2 Å². The zero-order valence-electron chi connectivity index (χ0n) is 18.9. The van der Waals surface area contributed by atoms with Crippen molar-refractivity contribution in [2.24, 2.45) is 0 Å². The van der Waals surface area contributed by atoms with E-state index < -0.39 is 15.9 Å². The number of unbranched alkanes of at least 4 members (excludes halogenated alkanes) is 1. The van der Waals surface area contributed by atoms with Crippen LogP contribution in [-0.2, 0) is 20.4 Å². The van der Waals surface area contributed by atoms with Crippen LogP contribution < -0.4 is 5.32 Å². The van der Waals surface area contributed by atoms with Gasteiger partial charge >= 0.3 is 0 Å². The normalized spacial score (nSPS) is 12.7. The maximum absolute atomic E-state index is 12.6. The number of aromatic nitrogens is 1. The number of thiazole rings is 1. The first-order valence-corrected chi connectivity index (χ1v) is 13.5. The van der Waals surface area contributed by atoms with Gasteiger partial charge in [0.2, 0.25) is 5.91 Å². The summed E-state index contributed by atoms with van der Waals surface area (Å²) >= 11 is 1.39. The molecular formula is C24H29N3O4S2. The van der Waals surface area contributed by atoms with Gasteiger partial charge in [0.1, 0.15) is 6.04 Å². The van der Waals surface area contributed by atoms with Crippen molar-refractivity contribution in [1.82, 2.24) is 15.2 Å². The van der Waals surface area contributed by atoms with Gasteiger partial charge in [0.05, 0.1) is 21.7 Å². The monoisotopic (exact) mass is 487 g/mol. The number of nitrogens with zero attached hydrogens (tertiary/aromatic N) is 2. The molecule has 0 saturated heterocycles. The van der Waals surface area contributed by atoms with Crippen LogP contribution in [0.4, 0.5) is 0 Å². The van der Waals surface area contributed by atoms with Gasteiger partial charge in [-0.25, -0.2) is 13.4 Å². The van der Waals surface area contributed by atoms with Gasteiger partial charge in [-0.3, -0.25) is 14.5 Å². The number of Topliss-reactive ketones (excluding diaryl/α,β-unsaturated/α-hetero) is 1. The quantitative estimate of drug-likeness (QED) is 0.311. The molecule has 0 radical (unpaired) electrons. The highest BCUT2D eigenvalue weighted by atomic mass is 32.2. The molecule has 1 atom stereocenters. The van der Waals surface area contributed by atoms with Gasteiger partial charge in [0.15, 0.2) is 20.6 Å². The van der Waals surface area contributed by atoms with E-state index in [9.17, 15) is 18.0 Å². The highest BCUT2D eigenvalue weighted by molar-refractivity contribution is 7.90. The molecular weight excluding hydrogens is 458 g/mol. The third-order valence-electron chi connectivity index (χ3n) is 5.23. The Labute approximate surface area is 198 Å². The molecule has 9 heteroatoms. The van der Waals surface area contributed by atoms with Gasteiger partial charge in [-0.05, 0) is 44.6 Å². The summed E-state index contributed by atoms with van der Waals surface area (Å²) in [5, 5.41) is 3.33. The number of amides is 1. The molecule has 176 valence electrons. The number of likely N-dealkylation sites (N-methyl/N-ethyl adjacent to an activating group) is 1. The Morgan fingerprint density at radius 2 is 1.73 bits per heavy atom. The summed E-state index contributed by atoms with van der Waals surface area (Å²) in [5.41, 5.74) is 1.53. The number of ketones is 1. The summed E-state index contributed by atoms with van der Waals surface area (Å²) in [6, 6.07) is 15.8. The molecule has 7 nitrogen and oxygen atoms in total. The minimum atomic E-state index is -3.47. The first-order chi connectivity index (χ1) is 15.7. The number of nitrogens with one attached hydrogen (secondary N) is 1. The van der Waals surface area contributed by atoms with Gasteiger partial charge < -0.3 is 5.32 Å². The van der Waals surface area contributed by atoms with Crippen LogP contribution in [0.2, 0.25) is 0 Å². The second-order valence-electron chi connectivity index (χ2n) is 8.18. The van der Waals surface area contributed by atoms with Gasteiger partial charge in [0.25, 0.3) is 0 Å². The Balaban J connectivity index is 1.44. The smallest absolute Gasteiger partial charge is 0.238 e. The molecule has 0 spiro atoms. The molecule has 0 aliphatic heterocycles. The summed E-state index contributed by atoms with van der Waals surface area (Å²) in [6.07, 6.45) is 1.60. The topological polar surface area (TPSA) is 96.4 Å². The van der Waals surface area contributed by atoms with Crippen LogP contribution in [-0.4, -0.2) is 62.4 Å². The zero-order chi connectivity index (χ0) is 23.8. The Bertz CT molecular complexity index is 1160. The highest BCUT2D eigenvalue weighted by Crippen LogP contribution is 2.23. The summed E-state index contributed by atoms with van der Waals surface area (Å²) < 4.78 is 26.2. The number of carbonyl (C=O) groups excluding carboxylic acids is 2. The predicted octanol–water partition coefficient (Wildman–Crippen LogP) is 3.31. The summed E-state index contributed by atoms with van der Waals surface area (Å²) in [7, 11) is -0.0784. The maximum atomic E-state index is 12.6.